The summed E-state index contributed by atoms with van der Waals surface area (Å²) in [6.07, 6.45) is 0. The van der Waals surface area contributed by atoms with Gasteiger partial charge < -0.3 is 9.47 Å². The van der Waals surface area contributed by atoms with Crippen molar-refractivity contribution in [1.82, 2.24) is 0 Å². The number of carbonyl (C=O) groups is 2. The van der Waals surface area contributed by atoms with Crippen LogP contribution in [-0.4, -0.2) is 30.8 Å². The average Bonchev–Trinajstić information content (AvgIpc) is 2.37. The van der Waals surface area contributed by atoms with Crippen molar-refractivity contribution in [3.8, 4) is 5.75 Å². The molecule has 1 aromatic carbocycles. The molecule has 0 fully saturated rings. The smallest absolute Gasteiger partial charge is 0.341 e. The SMILES string of the molecule is CCOC(=O)c1cc(C(=O)CBr)ccc1OC. The van der Waals surface area contributed by atoms with E-state index in [1.54, 1.807) is 19.1 Å². The van der Waals surface area contributed by atoms with E-state index in [4.69, 9.17) is 9.47 Å². The van der Waals surface area contributed by atoms with Gasteiger partial charge in [0, 0.05) is 5.56 Å². The van der Waals surface area contributed by atoms with Crippen LogP contribution in [0.4, 0.5) is 0 Å². The predicted octanol–water partition coefficient (Wildman–Crippen LogP) is 2.45. The molecule has 0 spiro atoms. The van der Waals surface area contributed by atoms with Crippen molar-refractivity contribution in [2.24, 2.45) is 0 Å². The number of Topliss-reactive ketones (excluding diaryl/α,β-unsaturated/α-hetero) is 1. The van der Waals surface area contributed by atoms with Crippen molar-refractivity contribution < 1.29 is 19.1 Å². The third-order valence-corrected chi connectivity index (χ3v) is 2.65. The minimum absolute atomic E-state index is 0.0989. The van der Waals surface area contributed by atoms with Gasteiger partial charge in [0.15, 0.2) is 5.78 Å². The summed E-state index contributed by atoms with van der Waals surface area (Å²) in [5.74, 6) is -0.193. The summed E-state index contributed by atoms with van der Waals surface area (Å²) in [4.78, 5) is 23.2. The number of hydrogen-bond donors (Lipinski definition) is 0. The normalized spacial score (nSPS) is 9.82. The predicted molar refractivity (Wildman–Crippen MR) is 67.1 cm³/mol. The topological polar surface area (TPSA) is 52.6 Å². The molecule has 5 heteroatoms. The lowest BCUT2D eigenvalue weighted by Crippen LogP contribution is -2.09. The molecule has 4 nitrogen and oxygen atoms in total. The second kappa shape index (κ2) is 6.39. The lowest BCUT2D eigenvalue weighted by Gasteiger charge is -2.09. The summed E-state index contributed by atoms with van der Waals surface area (Å²) >= 11 is 3.08. The van der Waals surface area contributed by atoms with Crippen molar-refractivity contribution in [1.29, 1.82) is 0 Å². The van der Waals surface area contributed by atoms with Crippen LogP contribution in [0.2, 0.25) is 0 Å². The Balaban J connectivity index is 3.15. The highest BCUT2D eigenvalue weighted by molar-refractivity contribution is 9.09. The molecule has 1 aromatic rings. The molecule has 0 aliphatic heterocycles. The van der Waals surface area contributed by atoms with Gasteiger partial charge in [-0.1, -0.05) is 15.9 Å². The second-order valence-corrected chi connectivity index (χ2v) is 3.75. The first-order valence-electron chi connectivity index (χ1n) is 5.08. The van der Waals surface area contributed by atoms with Gasteiger partial charge in [0.25, 0.3) is 0 Å². The second-order valence-electron chi connectivity index (χ2n) is 3.19. The third kappa shape index (κ3) is 3.30. The van der Waals surface area contributed by atoms with Crippen LogP contribution < -0.4 is 4.74 Å². The number of ketones is 1. The molecule has 0 aliphatic rings. The molecule has 1 rings (SSSR count). The van der Waals surface area contributed by atoms with Gasteiger partial charge in [-0.2, -0.15) is 0 Å². The Hall–Kier alpha value is -1.36. The summed E-state index contributed by atoms with van der Waals surface area (Å²) < 4.78 is 9.95. The molecular weight excluding hydrogens is 288 g/mol. The largest absolute Gasteiger partial charge is 0.496 e. The van der Waals surface area contributed by atoms with Crippen LogP contribution in [0.5, 0.6) is 5.75 Å². The summed E-state index contributed by atoms with van der Waals surface area (Å²) in [5.41, 5.74) is 0.715. The number of rotatable bonds is 5. The van der Waals surface area contributed by atoms with Crippen LogP contribution in [0, 0.1) is 0 Å². The van der Waals surface area contributed by atoms with Crippen LogP contribution in [0.3, 0.4) is 0 Å². The van der Waals surface area contributed by atoms with E-state index in [-0.39, 0.29) is 23.3 Å². The first kappa shape index (κ1) is 13.7. The summed E-state index contributed by atoms with van der Waals surface area (Å²) in [7, 11) is 1.46. The molecule has 0 unspecified atom stereocenters. The first-order chi connectivity index (χ1) is 8.13. The van der Waals surface area contributed by atoms with Gasteiger partial charge in [0.1, 0.15) is 11.3 Å². The number of alkyl halides is 1. The van der Waals surface area contributed by atoms with Gasteiger partial charge in [-0.3, -0.25) is 4.79 Å². The Labute approximate surface area is 108 Å². The van der Waals surface area contributed by atoms with E-state index in [0.717, 1.165) is 0 Å². The number of esters is 1. The summed E-state index contributed by atoms with van der Waals surface area (Å²) in [5, 5.41) is 0.210. The summed E-state index contributed by atoms with van der Waals surface area (Å²) in [6.45, 7) is 2.00. The van der Waals surface area contributed by atoms with E-state index in [0.29, 0.717) is 11.3 Å². The average molecular weight is 301 g/mol. The molecule has 17 heavy (non-hydrogen) atoms. The fraction of sp³-hybridized carbons (Fsp3) is 0.333. The molecule has 92 valence electrons. The van der Waals surface area contributed by atoms with Crippen molar-refractivity contribution in [3.63, 3.8) is 0 Å². The number of benzene rings is 1. The van der Waals surface area contributed by atoms with Gasteiger partial charge in [-0.05, 0) is 25.1 Å². The minimum Gasteiger partial charge on any atom is -0.496 e. The number of hydrogen-bond acceptors (Lipinski definition) is 4. The Morgan fingerprint density at radius 2 is 2.06 bits per heavy atom. The van der Waals surface area contributed by atoms with Gasteiger partial charge in [-0.15, -0.1) is 0 Å². The molecule has 0 N–H and O–H groups in total. The van der Waals surface area contributed by atoms with Crippen molar-refractivity contribution in [3.05, 3.63) is 29.3 Å². The van der Waals surface area contributed by atoms with E-state index in [9.17, 15) is 9.59 Å². The molecule has 0 amide bonds. The van der Waals surface area contributed by atoms with Gasteiger partial charge >= 0.3 is 5.97 Å². The maximum atomic E-state index is 11.7. The van der Waals surface area contributed by atoms with Crippen molar-refractivity contribution in [2.45, 2.75) is 6.92 Å². The molecule has 0 bridgehead atoms. The van der Waals surface area contributed by atoms with Crippen LogP contribution in [0.15, 0.2) is 18.2 Å². The molecule has 0 radical (unpaired) electrons. The molecule has 0 atom stereocenters. The van der Waals surface area contributed by atoms with E-state index in [1.807, 2.05) is 0 Å². The number of ether oxygens (including phenoxy) is 2. The van der Waals surface area contributed by atoms with Crippen LogP contribution in [0.1, 0.15) is 27.6 Å². The lowest BCUT2D eigenvalue weighted by molar-refractivity contribution is 0.0522. The molecule has 0 saturated carbocycles. The highest BCUT2D eigenvalue weighted by Gasteiger charge is 2.16. The number of halogens is 1. The Bertz CT molecular complexity index is 429. The quantitative estimate of drug-likeness (QED) is 0.476. The zero-order valence-electron chi connectivity index (χ0n) is 9.66. The van der Waals surface area contributed by atoms with Crippen LogP contribution in [-0.2, 0) is 4.74 Å². The Morgan fingerprint density at radius 3 is 2.59 bits per heavy atom. The van der Waals surface area contributed by atoms with Gasteiger partial charge in [-0.25, -0.2) is 4.79 Å². The van der Waals surface area contributed by atoms with Crippen LogP contribution >= 0.6 is 15.9 Å². The van der Waals surface area contributed by atoms with Gasteiger partial charge in [0.05, 0.1) is 19.0 Å². The maximum Gasteiger partial charge on any atom is 0.341 e. The maximum absolute atomic E-state index is 11.7. The third-order valence-electron chi connectivity index (χ3n) is 2.14. The van der Waals surface area contributed by atoms with Crippen molar-refractivity contribution >= 4 is 27.7 Å². The zero-order chi connectivity index (χ0) is 12.8. The summed E-state index contributed by atoms with van der Waals surface area (Å²) in [6, 6.07) is 4.69. The van der Waals surface area contributed by atoms with E-state index in [1.165, 1.54) is 13.2 Å². The standard InChI is InChI=1S/C12H13BrO4/c1-3-17-12(15)9-6-8(10(14)7-13)4-5-11(9)16-2/h4-6H,3,7H2,1-2H3. The zero-order valence-corrected chi connectivity index (χ0v) is 11.2. The highest BCUT2D eigenvalue weighted by atomic mass is 79.9. The van der Waals surface area contributed by atoms with Crippen LogP contribution in [0.25, 0.3) is 0 Å². The fourth-order valence-electron chi connectivity index (χ4n) is 1.33. The van der Waals surface area contributed by atoms with Gasteiger partial charge in [0.2, 0.25) is 0 Å². The number of methoxy groups -OCH3 is 1. The Morgan fingerprint density at radius 1 is 1.35 bits per heavy atom. The van der Waals surface area contributed by atoms with E-state index < -0.39 is 5.97 Å². The molecule has 0 aliphatic carbocycles. The molecule has 0 saturated heterocycles. The van der Waals surface area contributed by atoms with E-state index in [2.05, 4.69) is 15.9 Å². The molecular formula is C12H13BrO4. The Kier molecular flexibility index (Phi) is 5.15. The molecule has 0 aromatic heterocycles. The van der Waals surface area contributed by atoms with Crippen molar-refractivity contribution in [2.75, 3.05) is 19.0 Å². The van der Waals surface area contributed by atoms with E-state index >= 15 is 0 Å². The first-order valence-corrected chi connectivity index (χ1v) is 6.20. The minimum atomic E-state index is -0.492. The monoisotopic (exact) mass is 300 g/mol. The highest BCUT2D eigenvalue weighted by Crippen LogP contribution is 2.21. The fourth-order valence-corrected chi connectivity index (χ4v) is 1.65. The number of carbonyl (C=O) groups excluding carboxylic acids is 2. The molecule has 0 heterocycles. The lowest BCUT2D eigenvalue weighted by atomic mass is 10.1.